The molecule has 0 aliphatic carbocycles. The highest BCUT2D eigenvalue weighted by Gasteiger charge is 2.42. The predicted octanol–water partition coefficient (Wildman–Crippen LogP) is 3.01. The van der Waals surface area contributed by atoms with Crippen LogP contribution < -0.4 is 9.64 Å². The van der Waals surface area contributed by atoms with Crippen LogP contribution in [0.4, 0.5) is 5.69 Å². The third-order valence-corrected chi connectivity index (χ3v) is 4.90. The van der Waals surface area contributed by atoms with Gasteiger partial charge in [0.05, 0.1) is 32.7 Å². The highest BCUT2D eigenvalue weighted by Crippen LogP contribution is 2.40. The summed E-state index contributed by atoms with van der Waals surface area (Å²) in [5.74, 6) is -0.453. The van der Waals surface area contributed by atoms with E-state index in [1.807, 2.05) is 35.2 Å². The first-order valence-corrected chi connectivity index (χ1v) is 9.90. The fraction of sp³-hybridized carbons (Fsp3) is 0.304. The van der Waals surface area contributed by atoms with Crippen molar-refractivity contribution >= 4 is 23.7 Å². The molecule has 0 saturated carbocycles. The van der Waals surface area contributed by atoms with E-state index in [4.69, 9.17) is 14.2 Å². The highest BCUT2D eigenvalue weighted by atomic mass is 16.5. The normalized spacial score (nSPS) is 19.6. The molecule has 8 heteroatoms. The van der Waals surface area contributed by atoms with Crippen LogP contribution in [0.1, 0.15) is 19.0 Å². The van der Waals surface area contributed by atoms with Crippen molar-refractivity contribution < 1.29 is 23.8 Å². The number of benzene rings is 1. The third-order valence-electron chi connectivity index (χ3n) is 4.90. The van der Waals surface area contributed by atoms with Gasteiger partial charge < -0.3 is 19.1 Å². The Hall–Kier alpha value is -3.68. The number of aromatic nitrogens is 2. The minimum atomic E-state index is -0.655. The van der Waals surface area contributed by atoms with Gasteiger partial charge in [-0.3, -0.25) is 9.97 Å². The SMILES string of the molecule is CCOC(=O)[C@H]1[C@@H](/C=C/C(=O)OC)C/C(=C\c2cnccn2)N1c1ccc(OC)cc1. The number of esters is 2. The minimum absolute atomic E-state index is 0.252. The van der Waals surface area contributed by atoms with Crippen LogP contribution in [0, 0.1) is 5.92 Å². The topological polar surface area (TPSA) is 90.9 Å². The number of hydrogen-bond donors (Lipinski definition) is 0. The van der Waals surface area contributed by atoms with Gasteiger partial charge in [-0.05, 0) is 43.7 Å². The summed E-state index contributed by atoms with van der Waals surface area (Å²) in [4.78, 5) is 35.0. The number of carbonyl (C=O) groups is 2. The molecule has 2 heterocycles. The Morgan fingerprint density at radius 2 is 1.97 bits per heavy atom. The number of ether oxygens (including phenoxy) is 3. The second-order valence-corrected chi connectivity index (χ2v) is 6.78. The Labute approximate surface area is 181 Å². The molecule has 0 bridgehead atoms. The lowest BCUT2D eigenvalue weighted by Crippen LogP contribution is -2.40. The standard InChI is InChI=1S/C23H25N3O5/c1-4-31-23(28)22-16(5-10-21(27)30-3)13-19(14-17-15-24-11-12-25-17)26(22)18-6-8-20(29-2)9-7-18/h5-12,14-16,22H,4,13H2,1-3H3/b10-5+,19-14+/t16-,22+/m0/s1. The quantitative estimate of drug-likeness (QED) is 0.496. The van der Waals surface area contributed by atoms with Crippen molar-refractivity contribution in [1.29, 1.82) is 0 Å². The van der Waals surface area contributed by atoms with Gasteiger partial charge in [0.2, 0.25) is 0 Å². The zero-order chi connectivity index (χ0) is 22.2. The van der Waals surface area contributed by atoms with Crippen molar-refractivity contribution in [3.63, 3.8) is 0 Å². The van der Waals surface area contributed by atoms with E-state index in [1.165, 1.54) is 13.2 Å². The molecule has 1 aromatic heterocycles. The molecule has 8 nitrogen and oxygen atoms in total. The summed E-state index contributed by atoms with van der Waals surface area (Å²) >= 11 is 0. The van der Waals surface area contributed by atoms with E-state index < -0.39 is 12.0 Å². The highest BCUT2D eigenvalue weighted by molar-refractivity contribution is 5.86. The van der Waals surface area contributed by atoms with Crippen LogP contribution in [0.15, 0.2) is 60.7 Å². The molecular formula is C23H25N3O5. The third kappa shape index (κ3) is 5.28. The van der Waals surface area contributed by atoms with Crippen molar-refractivity contribution in [3.8, 4) is 5.75 Å². The first kappa shape index (κ1) is 22.0. The maximum atomic E-state index is 13.0. The molecule has 0 unspecified atom stereocenters. The van der Waals surface area contributed by atoms with E-state index >= 15 is 0 Å². The van der Waals surface area contributed by atoms with Gasteiger partial charge in [-0.2, -0.15) is 0 Å². The van der Waals surface area contributed by atoms with Gasteiger partial charge in [0.1, 0.15) is 11.8 Å². The number of nitrogens with zero attached hydrogens (tertiary/aromatic N) is 3. The van der Waals surface area contributed by atoms with Crippen molar-refractivity contribution in [3.05, 3.63) is 66.4 Å². The Morgan fingerprint density at radius 1 is 1.19 bits per heavy atom. The van der Waals surface area contributed by atoms with E-state index in [0.717, 1.165) is 11.4 Å². The molecule has 1 saturated heterocycles. The van der Waals surface area contributed by atoms with Crippen molar-refractivity contribution in [2.45, 2.75) is 19.4 Å². The maximum absolute atomic E-state index is 13.0. The molecule has 1 aliphatic heterocycles. The first-order chi connectivity index (χ1) is 15.1. The van der Waals surface area contributed by atoms with E-state index in [2.05, 4.69) is 9.97 Å². The summed E-state index contributed by atoms with van der Waals surface area (Å²) in [5.41, 5.74) is 2.31. The van der Waals surface area contributed by atoms with Gasteiger partial charge in [-0.15, -0.1) is 0 Å². The fourth-order valence-electron chi connectivity index (χ4n) is 3.53. The van der Waals surface area contributed by atoms with E-state index in [1.54, 1.807) is 38.7 Å². The number of carbonyl (C=O) groups excluding carboxylic acids is 2. The van der Waals surface area contributed by atoms with Crippen LogP contribution in [0.2, 0.25) is 0 Å². The van der Waals surface area contributed by atoms with Crippen molar-refractivity contribution in [1.82, 2.24) is 9.97 Å². The van der Waals surface area contributed by atoms with Gasteiger partial charge in [-0.1, -0.05) is 6.08 Å². The summed E-state index contributed by atoms with van der Waals surface area (Å²) in [6, 6.07) is 6.76. The van der Waals surface area contributed by atoms with Crippen LogP contribution in [0.25, 0.3) is 6.08 Å². The molecule has 0 N–H and O–H groups in total. The number of rotatable bonds is 7. The molecule has 31 heavy (non-hydrogen) atoms. The monoisotopic (exact) mass is 423 g/mol. The van der Waals surface area contributed by atoms with Crippen LogP contribution in [-0.2, 0) is 19.1 Å². The van der Waals surface area contributed by atoms with Crippen molar-refractivity contribution in [2.24, 2.45) is 5.92 Å². The summed E-state index contributed by atoms with van der Waals surface area (Å²) in [5, 5.41) is 0. The Morgan fingerprint density at radius 3 is 2.58 bits per heavy atom. The molecular weight excluding hydrogens is 398 g/mol. The zero-order valence-electron chi connectivity index (χ0n) is 17.7. The van der Waals surface area contributed by atoms with E-state index in [-0.39, 0.29) is 18.5 Å². The van der Waals surface area contributed by atoms with Gasteiger partial charge >= 0.3 is 11.9 Å². The average Bonchev–Trinajstić information content (AvgIpc) is 3.16. The predicted molar refractivity (Wildman–Crippen MR) is 115 cm³/mol. The minimum Gasteiger partial charge on any atom is -0.497 e. The Bertz CT molecular complexity index is 957. The fourth-order valence-corrected chi connectivity index (χ4v) is 3.53. The largest absolute Gasteiger partial charge is 0.497 e. The van der Waals surface area contributed by atoms with E-state index in [9.17, 15) is 9.59 Å². The number of allylic oxidation sites excluding steroid dienone is 1. The molecule has 1 fully saturated rings. The smallest absolute Gasteiger partial charge is 0.330 e. The number of methoxy groups -OCH3 is 2. The van der Waals surface area contributed by atoms with Gasteiger partial charge in [-0.25, -0.2) is 9.59 Å². The summed E-state index contributed by atoms with van der Waals surface area (Å²) in [6.45, 7) is 2.02. The molecule has 0 spiro atoms. The van der Waals surface area contributed by atoms with Gasteiger partial charge in [0, 0.05) is 35.8 Å². The molecule has 3 rings (SSSR count). The Kier molecular flexibility index (Phi) is 7.37. The average molecular weight is 423 g/mol. The first-order valence-electron chi connectivity index (χ1n) is 9.90. The van der Waals surface area contributed by atoms with Crippen LogP contribution in [0.5, 0.6) is 5.75 Å². The van der Waals surface area contributed by atoms with Gasteiger partial charge in [0.25, 0.3) is 0 Å². The molecule has 1 aliphatic rings. The van der Waals surface area contributed by atoms with Crippen LogP contribution in [0.3, 0.4) is 0 Å². The maximum Gasteiger partial charge on any atom is 0.330 e. The Balaban J connectivity index is 2.08. The number of anilines is 1. The molecule has 2 aromatic rings. The summed E-state index contributed by atoms with van der Waals surface area (Å²) in [7, 11) is 2.91. The number of hydrogen-bond acceptors (Lipinski definition) is 8. The van der Waals surface area contributed by atoms with Crippen LogP contribution in [-0.4, -0.2) is 48.8 Å². The second kappa shape index (κ2) is 10.4. The lowest BCUT2D eigenvalue weighted by molar-refractivity contribution is -0.145. The zero-order valence-corrected chi connectivity index (χ0v) is 17.7. The molecule has 0 radical (unpaired) electrons. The lowest BCUT2D eigenvalue weighted by Gasteiger charge is -2.28. The lowest BCUT2D eigenvalue weighted by atomic mass is 9.99. The van der Waals surface area contributed by atoms with Gasteiger partial charge in [0.15, 0.2) is 0 Å². The molecule has 1 aromatic carbocycles. The molecule has 0 amide bonds. The van der Waals surface area contributed by atoms with Crippen LogP contribution >= 0.6 is 0 Å². The summed E-state index contributed by atoms with van der Waals surface area (Å²) < 4.78 is 15.3. The summed E-state index contributed by atoms with van der Waals surface area (Å²) in [6.07, 6.45) is 10.3. The molecule has 2 atom stereocenters. The second-order valence-electron chi connectivity index (χ2n) is 6.78. The van der Waals surface area contributed by atoms with E-state index in [0.29, 0.717) is 17.9 Å². The van der Waals surface area contributed by atoms with Crippen molar-refractivity contribution in [2.75, 3.05) is 25.7 Å². The molecule has 162 valence electrons.